The van der Waals surface area contributed by atoms with Crippen molar-refractivity contribution in [2.45, 2.75) is 13.1 Å². The van der Waals surface area contributed by atoms with Gasteiger partial charge in [-0.15, -0.1) is 0 Å². The number of nitrogens with zero attached hydrogens (tertiary/aromatic N) is 1. The molecule has 5 aromatic carbocycles. The first kappa shape index (κ1) is 20.9. The Morgan fingerprint density at radius 1 is 0.571 bits per heavy atom. The summed E-state index contributed by atoms with van der Waals surface area (Å²) >= 11 is 3.70. The quantitative estimate of drug-likeness (QED) is 0.200. The van der Waals surface area contributed by atoms with E-state index in [-0.39, 0.29) is 0 Å². The van der Waals surface area contributed by atoms with Crippen LogP contribution in [0.15, 0.2) is 114 Å². The van der Waals surface area contributed by atoms with Gasteiger partial charge in [0.05, 0.1) is 11.0 Å². The van der Waals surface area contributed by atoms with Crippen LogP contribution in [0.3, 0.4) is 0 Å². The average molecular weight is 531 g/mol. The summed E-state index contributed by atoms with van der Waals surface area (Å²) in [5.74, 6) is 0. The monoisotopic (exact) mass is 529 g/mol. The Hall–Kier alpha value is -3.40. The minimum Gasteiger partial charge on any atom is -0.309 e. The van der Waals surface area contributed by atoms with Crippen molar-refractivity contribution in [3.05, 3.63) is 114 Å². The lowest BCUT2D eigenvalue weighted by Crippen LogP contribution is -2.49. The van der Waals surface area contributed by atoms with E-state index >= 15 is 0 Å². The summed E-state index contributed by atoms with van der Waals surface area (Å²) in [6.07, 6.45) is 0. The Kier molecular flexibility index (Phi) is 4.51. The van der Waals surface area contributed by atoms with Crippen molar-refractivity contribution in [1.29, 1.82) is 0 Å². The second kappa shape index (κ2) is 7.55. The van der Waals surface area contributed by atoms with Gasteiger partial charge in [-0.25, -0.2) is 0 Å². The lowest BCUT2D eigenvalue weighted by atomic mass is 9.99. The number of hydrogen-bond acceptors (Lipinski definition) is 0. The fraction of sp³-hybridized carbons (Fsp3) is 0.0625. The summed E-state index contributed by atoms with van der Waals surface area (Å²) in [6, 6.07) is 40.3. The Bertz CT molecular complexity index is 1780. The summed E-state index contributed by atoms with van der Waals surface area (Å²) in [7, 11) is -1.70. The van der Waals surface area contributed by atoms with Crippen molar-refractivity contribution in [1.82, 2.24) is 4.57 Å². The largest absolute Gasteiger partial charge is 0.309 e. The summed E-state index contributed by atoms with van der Waals surface area (Å²) < 4.78 is 3.47. The number of aromatic nitrogens is 1. The van der Waals surface area contributed by atoms with E-state index in [1.54, 1.807) is 10.4 Å². The van der Waals surface area contributed by atoms with E-state index in [2.05, 4.69) is 143 Å². The first-order valence-electron chi connectivity index (χ1n) is 12.1. The second-order valence-electron chi connectivity index (χ2n) is 10.00. The van der Waals surface area contributed by atoms with Gasteiger partial charge in [0, 0.05) is 20.9 Å². The van der Waals surface area contributed by atoms with Gasteiger partial charge in [-0.2, -0.15) is 0 Å². The van der Waals surface area contributed by atoms with Gasteiger partial charge in [0.1, 0.15) is 8.07 Å². The van der Waals surface area contributed by atoms with Crippen molar-refractivity contribution in [2.75, 3.05) is 0 Å². The Labute approximate surface area is 214 Å². The molecule has 0 unspecified atom stereocenters. The number of hydrogen-bond donors (Lipinski definition) is 0. The van der Waals surface area contributed by atoms with Gasteiger partial charge < -0.3 is 4.57 Å². The number of halogens is 1. The number of fused-ring (bicyclic) bond motifs is 6. The van der Waals surface area contributed by atoms with Crippen molar-refractivity contribution in [3.8, 4) is 27.9 Å². The molecule has 1 nitrogen and oxygen atoms in total. The van der Waals surface area contributed by atoms with Gasteiger partial charge in [-0.3, -0.25) is 0 Å². The molecule has 0 amide bonds. The molecule has 0 radical (unpaired) electrons. The van der Waals surface area contributed by atoms with E-state index in [9.17, 15) is 0 Å². The minimum atomic E-state index is -1.70. The van der Waals surface area contributed by atoms with Gasteiger partial charge in [0.15, 0.2) is 0 Å². The lowest BCUT2D eigenvalue weighted by Gasteiger charge is -2.19. The van der Waals surface area contributed by atoms with Crippen molar-refractivity contribution in [3.63, 3.8) is 0 Å². The van der Waals surface area contributed by atoms with Gasteiger partial charge in [-0.1, -0.05) is 95.8 Å². The molecular formula is C32H24BrNSi. The van der Waals surface area contributed by atoms with E-state index < -0.39 is 8.07 Å². The summed E-state index contributed by atoms with van der Waals surface area (Å²) in [5, 5.41) is 5.65. The Morgan fingerprint density at radius 3 is 2.03 bits per heavy atom. The molecule has 7 rings (SSSR count). The van der Waals surface area contributed by atoms with E-state index in [0.29, 0.717) is 0 Å². The molecule has 2 heterocycles. The normalized spacial score (nSPS) is 13.8. The SMILES string of the molecule is C[Si]1(C)c2ccccc2-c2ccc(-c3ccc4c(c3)c3cc(Br)ccc3n4-c3ccccc3)cc21. The zero-order valence-electron chi connectivity index (χ0n) is 19.7. The van der Waals surface area contributed by atoms with Crippen LogP contribution in [-0.4, -0.2) is 12.6 Å². The first-order valence-corrected chi connectivity index (χ1v) is 15.9. The van der Waals surface area contributed by atoms with Crippen LogP contribution in [0.25, 0.3) is 49.7 Å². The van der Waals surface area contributed by atoms with E-state index in [0.717, 1.165) is 4.47 Å². The summed E-state index contributed by atoms with van der Waals surface area (Å²) in [5.41, 5.74) is 9.07. The van der Waals surface area contributed by atoms with Gasteiger partial charge in [-0.05, 0) is 75.1 Å². The molecule has 0 spiro atoms. The van der Waals surface area contributed by atoms with Crippen LogP contribution in [0, 0.1) is 0 Å². The number of para-hydroxylation sites is 1. The molecule has 0 fully saturated rings. The molecule has 1 aliphatic rings. The topological polar surface area (TPSA) is 4.93 Å². The van der Waals surface area contributed by atoms with Crippen LogP contribution in [0.2, 0.25) is 13.1 Å². The Balaban J connectivity index is 1.45. The van der Waals surface area contributed by atoms with Crippen LogP contribution in [-0.2, 0) is 0 Å². The van der Waals surface area contributed by atoms with Gasteiger partial charge >= 0.3 is 0 Å². The van der Waals surface area contributed by atoms with Gasteiger partial charge in [0.2, 0.25) is 0 Å². The van der Waals surface area contributed by atoms with Crippen LogP contribution in [0.5, 0.6) is 0 Å². The highest BCUT2D eigenvalue weighted by atomic mass is 79.9. The molecule has 0 aliphatic carbocycles. The van der Waals surface area contributed by atoms with Crippen LogP contribution in [0.1, 0.15) is 0 Å². The highest BCUT2D eigenvalue weighted by Gasteiger charge is 2.37. The van der Waals surface area contributed by atoms with Crippen molar-refractivity contribution >= 4 is 56.2 Å². The molecule has 3 heteroatoms. The Morgan fingerprint density at radius 2 is 1.20 bits per heavy atom. The zero-order valence-corrected chi connectivity index (χ0v) is 22.3. The number of rotatable bonds is 2. The van der Waals surface area contributed by atoms with Crippen LogP contribution in [0.4, 0.5) is 0 Å². The van der Waals surface area contributed by atoms with Crippen LogP contribution >= 0.6 is 15.9 Å². The van der Waals surface area contributed by atoms with Crippen molar-refractivity contribution < 1.29 is 0 Å². The minimum absolute atomic E-state index is 1.10. The molecular weight excluding hydrogens is 506 g/mol. The standard InChI is InChI=1S/C32H24BrNSi/c1-35(2)31-11-7-6-10-25(31)26-15-12-22(19-32(26)35)21-13-16-29-27(18-21)28-20-23(33)14-17-30(28)34(29)24-8-4-3-5-9-24/h3-20H,1-2H3. The van der Waals surface area contributed by atoms with E-state index in [1.807, 2.05) is 0 Å². The fourth-order valence-electron chi connectivity index (χ4n) is 5.91. The third-order valence-corrected chi connectivity index (χ3v) is 11.7. The fourth-order valence-corrected chi connectivity index (χ4v) is 9.38. The predicted molar refractivity (Wildman–Crippen MR) is 156 cm³/mol. The highest BCUT2D eigenvalue weighted by molar-refractivity contribution is 9.10. The smallest absolute Gasteiger partial charge is 0.113 e. The molecule has 35 heavy (non-hydrogen) atoms. The molecule has 0 saturated heterocycles. The van der Waals surface area contributed by atoms with E-state index in [1.165, 1.54) is 49.7 Å². The molecule has 0 atom stereocenters. The number of benzene rings is 5. The maximum atomic E-state index is 3.70. The molecule has 1 aliphatic heterocycles. The first-order chi connectivity index (χ1) is 17.0. The van der Waals surface area contributed by atoms with Crippen molar-refractivity contribution in [2.24, 2.45) is 0 Å². The molecule has 6 aromatic rings. The third kappa shape index (κ3) is 3.05. The average Bonchev–Trinajstić information content (AvgIpc) is 3.33. The van der Waals surface area contributed by atoms with Crippen LogP contribution < -0.4 is 10.4 Å². The second-order valence-corrected chi connectivity index (χ2v) is 15.2. The maximum Gasteiger partial charge on any atom is 0.113 e. The molecule has 0 saturated carbocycles. The molecule has 0 N–H and O–H groups in total. The molecule has 1 aromatic heterocycles. The highest BCUT2D eigenvalue weighted by Crippen LogP contribution is 2.37. The van der Waals surface area contributed by atoms with Gasteiger partial charge in [0.25, 0.3) is 0 Å². The zero-order chi connectivity index (χ0) is 23.7. The summed E-state index contributed by atoms with van der Waals surface area (Å²) in [6.45, 7) is 4.96. The third-order valence-electron chi connectivity index (χ3n) is 7.66. The predicted octanol–water partition coefficient (Wildman–Crippen LogP) is 8.02. The summed E-state index contributed by atoms with van der Waals surface area (Å²) in [4.78, 5) is 0. The lowest BCUT2D eigenvalue weighted by molar-refractivity contribution is 1.18. The molecule has 0 bridgehead atoms. The van der Waals surface area contributed by atoms with E-state index in [4.69, 9.17) is 0 Å². The molecule has 168 valence electrons. The maximum absolute atomic E-state index is 3.70.